The highest BCUT2D eigenvalue weighted by Crippen LogP contribution is 2.25. The van der Waals surface area contributed by atoms with Crippen LogP contribution in [0.2, 0.25) is 0 Å². The molecule has 0 aromatic carbocycles. The maximum Gasteiger partial charge on any atom is 0.217 e. The van der Waals surface area contributed by atoms with Crippen molar-refractivity contribution in [3.05, 3.63) is 0 Å². The summed E-state index contributed by atoms with van der Waals surface area (Å²) in [5.74, 6) is -0.592. The Morgan fingerprint density at radius 3 is 2.31 bits per heavy atom. The molecule has 1 fully saturated rings. The van der Waals surface area contributed by atoms with Crippen LogP contribution in [0.25, 0.3) is 0 Å². The molecule has 1 rings (SSSR count). The number of aliphatic hydroxyl groups is 3. The first kappa shape index (κ1) is 13.4. The SMILES string of the molecule is CC(=O)NC1[C@H](CO)OC(CO)[C@@H](C)[C@H]1O. The molecule has 1 aliphatic heterocycles. The van der Waals surface area contributed by atoms with Crippen LogP contribution in [0.3, 0.4) is 0 Å². The molecule has 6 nitrogen and oxygen atoms in total. The van der Waals surface area contributed by atoms with Crippen LogP contribution in [0, 0.1) is 5.92 Å². The highest BCUT2D eigenvalue weighted by Gasteiger charge is 2.42. The predicted molar refractivity (Wildman–Crippen MR) is 55.6 cm³/mol. The average molecular weight is 233 g/mol. The van der Waals surface area contributed by atoms with Gasteiger partial charge in [0, 0.05) is 12.8 Å². The van der Waals surface area contributed by atoms with Gasteiger partial charge in [-0.2, -0.15) is 0 Å². The van der Waals surface area contributed by atoms with E-state index in [2.05, 4.69) is 5.32 Å². The Balaban J connectivity index is 2.77. The smallest absolute Gasteiger partial charge is 0.217 e. The maximum absolute atomic E-state index is 11.0. The number of amides is 1. The fourth-order valence-corrected chi connectivity index (χ4v) is 1.98. The van der Waals surface area contributed by atoms with Crippen LogP contribution in [-0.2, 0) is 9.53 Å². The number of aliphatic hydroxyl groups excluding tert-OH is 3. The van der Waals surface area contributed by atoms with Gasteiger partial charge in [-0.25, -0.2) is 0 Å². The predicted octanol–water partition coefficient (Wildman–Crippen LogP) is -1.76. The van der Waals surface area contributed by atoms with E-state index >= 15 is 0 Å². The molecule has 1 amide bonds. The molecule has 0 radical (unpaired) electrons. The largest absolute Gasteiger partial charge is 0.394 e. The summed E-state index contributed by atoms with van der Waals surface area (Å²) in [5.41, 5.74) is 0. The summed E-state index contributed by atoms with van der Waals surface area (Å²) >= 11 is 0. The highest BCUT2D eigenvalue weighted by atomic mass is 16.5. The van der Waals surface area contributed by atoms with Crippen molar-refractivity contribution in [1.82, 2.24) is 5.32 Å². The molecule has 0 bridgehead atoms. The van der Waals surface area contributed by atoms with Gasteiger partial charge in [-0.1, -0.05) is 6.92 Å². The van der Waals surface area contributed by atoms with Crippen molar-refractivity contribution in [3.63, 3.8) is 0 Å². The van der Waals surface area contributed by atoms with Gasteiger partial charge in [0.25, 0.3) is 0 Å². The second kappa shape index (κ2) is 5.58. The summed E-state index contributed by atoms with van der Waals surface area (Å²) in [6.45, 7) is 2.53. The molecule has 1 saturated heterocycles. The van der Waals surface area contributed by atoms with E-state index < -0.39 is 24.4 Å². The van der Waals surface area contributed by atoms with E-state index in [0.717, 1.165) is 0 Å². The van der Waals surface area contributed by atoms with E-state index in [1.54, 1.807) is 6.92 Å². The molecule has 0 saturated carbocycles. The second-order valence-corrected chi connectivity index (χ2v) is 4.15. The summed E-state index contributed by atoms with van der Waals surface area (Å²) in [6, 6.07) is -0.639. The number of carbonyl (C=O) groups is 1. The molecule has 2 unspecified atom stereocenters. The number of ether oxygens (including phenoxy) is 1. The molecule has 5 atom stereocenters. The summed E-state index contributed by atoms with van der Waals surface area (Å²) in [7, 11) is 0. The average Bonchev–Trinajstić information content (AvgIpc) is 2.25. The van der Waals surface area contributed by atoms with Crippen LogP contribution in [0.5, 0.6) is 0 Å². The second-order valence-electron chi connectivity index (χ2n) is 4.15. The Bertz CT molecular complexity index is 245. The van der Waals surface area contributed by atoms with Gasteiger partial charge in [0.15, 0.2) is 0 Å². The van der Waals surface area contributed by atoms with Gasteiger partial charge in [-0.05, 0) is 0 Å². The van der Waals surface area contributed by atoms with Crippen molar-refractivity contribution in [2.75, 3.05) is 13.2 Å². The van der Waals surface area contributed by atoms with E-state index in [1.807, 2.05) is 0 Å². The van der Waals surface area contributed by atoms with Crippen LogP contribution in [0.1, 0.15) is 13.8 Å². The Kier molecular flexibility index (Phi) is 4.67. The molecule has 94 valence electrons. The van der Waals surface area contributed by atoms with Crippen LogP contribution >= 0.6 is 0 Å². The van der Waals surface area contributed by atoms with Crippen molar-refractivity contribution in [2.24, 2.45) is 5.92 Å². The minimum atomic E-state index is -0.841. The lowest BCUT2D eigenvalue weighted by Gasteiger charge is -2.42. The van der Waals surface area contributed by atoms with Crippen LogP contribution < -0.4 is 5.32 Å². The summed E-state index contributed by atoms with van der Waals surface area (Å²) in [4.78, 5) is 11.0. The molecule has 0 aliphatic carbocycles. The Hall–Kier alpha value is -0.690. The van der Waals surface area contributed by atoms with Crippen LogP contribution in [0.15, 0.2) is 0 Å². The lowest BCUT2D eigenvalue weighted by Crippen LogP contribution is -2.62. The molecule has 0 aromatic heterocycles. The van der Waals surface area contributed by atoms with Crippen LogP contribution in [0.4, 0.5) is 0 Å². The zero-order valence-corrected chi connectivity index (χ0v) is 9.46. The van der Waals surface area contributed by atoms with Crippen molar-refractivity contribution in [2.45, 2.75) is 38.2 Å². The molecule has 1 heterocycles. The number of hydrogen-bond acceptors (Lipinski definition) is 5. The molecule has 6 heteroatoms. The van der Waals surface area contributed by atoms with Crippen molar-refractivity contribution >= 4 is 5.91 Å². The number of hydrogen-bond donors (Lipinski definition) is 4. The summed E-state index contributed by atoms with van der Waals surface area (Å²) < 4.78 is 5.41. The van der Waals surface area contributed by atoms with Crippen molar-refractivity contribution in [3.8, 4) is 0 Å². The normalized spacial score (nSPS) is 39.4. The van der Waals surface area contributed by atoms with E-state index in [9.17, 15) is 9.90 Å². The van der Waals surface area contributed by atoms with Gasteiger partial charge in [0.05, 0.1) is 31.5 Å². The molecular weight excluding hydrogens is 214 g/mol. The van der Waals surface area contributed by atoms with Gasteiger partial charge in [-0.15, -0.1) is 0 Å². The molecule has 16 heavy (non-hydrogen) atoms. The Morgan fingerprint density at radius 2 is 1.88 bits per heavy atom. The highest BCUT2D eigenvalue weighted by molar-refractivity contribution is 5.73. The number of rotatable bonds is 3. The van der Waals surface area contributed by atoms with E-state index in [-0.39, 0.29) is 25.0 Å². The fraction of sp³-hybridized carbons (Fsp3) is 0.900. The van der Waals surface area contributed by atoms with Gasteiger partial charge < -0.3 is 25.4 Å². The third-order valence-corrected chi connectivity index (χ3v) is 2.97. The Labute approximate surface area is 94.2 Å². The molecular formula is C10H19NO5. The standard InChI is InChI=1S/C10H19NO5/c1-5-7(3-12)16-8(4-13)9(10(5)15)11-6(2)14/h5,7-10,12-13,15H,3-4H2,1-2H3,(H,11,14)/t5-,7?,8+,9?,10-/m1/s1. The minimum Gasteiger partial charge on any atom is -0.394 e. The summed E-state index contributed by atoms with van der Waals surface area (Å²) in [6.07, 6.45) is -2.05. The van der Waals surface area contributed by atoms with Gasteiger partial charge >= 0.3 is 0 Å². The summed E-state index contributed by atoms with van der Waals surface area (Å²) in [5, 5.41) is 30.7. The first-order valence-electron chi connectivity index (χ1n) is 5.33. The third-order valence-electron chi connectivity index (χ3n) is 2.97. The van der Waals surface area contributed by atoms with Crippen molar-refractivity contribution in [1.29, 1.82) is 0 Å². The first-order chi connectivity index (χ1) is 7.51. The Morgan fingerprint density at radius 1 is 1.31 bits per heavy atom. The number of carbonyl (C=O) groups excluding carboxylic acids is 1. The topological polar surface area (TPSA) is 99.0 Å². The van der Waals surface area contributed by atoms with E-state index in [4.69, 9.17) is 14.9 Å². The lowest BCUT2D eigenvalue weighted by atomic mass is 9.86. The number of nitrogens with one attached hydrogen (secondary N) is 1. The monoisotopic (exact) mass is 233 g/mol. The molecule has 0 spiro atoms. The molecule has 4 N–H and O–H groups in total. The lowest BCUT2D eigenvalue weighted by molar-refractivity contribution is -0.175. The van der Waals surface area contributed by atoms with Gasteiger partial charge in [0.2, 0.25) is 5.91 Å². The van der Waals surface area contributed by atoms with Crippen molar-refractivity contribution < 1.29 is 24.9 Å². The van der Waals surface area contributed by atoms with E-state index in [1.165, 1.54) is 6.92 Å². The fourth-order valence-electron chi connectivity index (χ4n) is 1.98. The third kappa shape index (κ3) is 2.70. The van der Waals surface area contributed by atoms with Gasteiger partial charge in [-0.3, -0.25) is 4.79 Å². The van der Waals surface area contributed by atoms with Gasteiger partial charge in [0.1, 0.15) is 6.10 Å². The maximum atomic E-state index is 11.0. The van der Waals surface area contributed by atoms with E-state index in [0.29, 0.717) is 0 Å². The zero-order chi connectivity index (χ0) is 12.3. The zero-order valence-electron chi connectivity index (χ0n) is 9.46. The minimum absolute atomic E-state index is 0.221. The first-order valence-corrected chi connectivity index (χ1v) is 5.33. The molecule has 1 aliphatic rings. The van der Waals surface area contributed by atoms with Crippen LogP contribution in [-0.4, -0.2) is 58.8 Å². The molecule has 0 aromatic rings. The quantitative estimate of drug-likeness (QED) is 0.463.